The van der Waals surface area contributed by atoms with Crippen LogP contribution in [0.15, 0.2) is 28.9 Å². The number of benzene rings is 1. The van der Waals surface area contributed by atoms with Crippen LogP contribution in [0.3, 0.4) is 0 Å². The van der Waals surface area contributed by atoms with Gasteiger partial charge >= 0.3 is 5.97 Å². The highest BCUT2D eigenvalue weighted by atomic mass is 79.9. The van der Waals surface area contributed by atoms with Crippen molar-refractivity contribution in [3.63, 3.8) is 0 Å². The summed E-state index contributed by atoms with van der Waals surface area (Å²) in [6.07, 6.45) is 1.39. The molecule has 7 heteroatoms. The molecule has 1 aromatic heterocycles. The van der Waals surface area contributed by atoms with Gasteiger partial charge in [-0.05, 0) is 34.1 Å². The Labute approximate surface area is 129 Å². The fourth-order valence-electron chi connectivity index (χ4n) is 1.67. The summed E-state index contributed by atoms with van der Waals surface area (Å²) in [5.74, 6) is -1.15. The average molecular weight is 354 g/mol. The van der Waals surface area contributed by atoms with Gasteiger partial charge in [0.15, 0.2) is 5.69 Å². The fraction of sp³-hybridized carbons (Fsp3) is 0.214. The molecule has 2 aromatic rings. The number of carbonyl (C=O) groups is 1. The monoisotopic (exact) mass is 353 g/mol. The SMILES string of the molecule is CC(C)c1ncc(Nc2cc(F)ccc2Br)c(C(=O)O)n1. The second-order valence-electron chi connectivity index (χ2n) is 4.70. The number of hydrogen-bond acceptors (Lipinski definition) is 4. The fourth-order valence-corrected chi connectivity index (χ4v) is 2.01. The van der Waals surface area contributed by atoms with Gasteiger partial charge < -0.3 is 10.4 Å². The van der Waals surface area contributed by atoms with Crippen LogP contribution in [0.5, 0.6) is 0 Å². The third kappa shape index (κ3) is 3.55. The minimum absolute atomic E-state index is 0.0121. The van der Waals surface area contributed by atoms with Crippen LogP contribution in [0, 0.1) is 5.82 Å². The molecule has 1 aromatic carbocycles. The molecule has 0 aliphatic heterocycles. The molecule has 0 spiro atoms. The molecule has 1 heterocycles. The third-order valence-electron chi connectivity index (χ3n) is 2.72. The van der Waals surface area contributed by atoms with Crippen molar-refractivity contribution in [3.8, 4) is 0 Å². The maximum Gasteiger partial charge on any atom is 0.356 e. The standard InChI is InChI=1S/C14H13BrFN3O2/c1-7(2)13-17-6-11(12(19-13)14(20)21)18-10-5-8(16)3-4-9(10)15/h3-7,18H,1-2H3,(H,20,21). The van der Waals surface area contributed by atoms with E-state index in [1.165, 1.54) is 24.4 Å². The average Bonchev–Trinajstić information content (AvgIpc) is 2.42. The second kappa shape index (κ2) is 6.17. The minimum atomic E-state index is -1.17. The first kappa shape index (κ1) is 15.4. The van der Waals surface area contributed by atoms with E-state index in [9.17, 15) is 14.3 Å². The summed E-state index contributed by atoms with van der Waals surface area (Å²) in [4.78, 5) is 19.5. The molecule has 0 bridgehead atoms. The van der Waals surface area contributed by atoms with Crippen LogP contribution in [0.1, 0.15) is 36.1 Å². The van der Waals surface area contributed by atoms with Gasteiger partial charge in [-0.2, -0.15) is 0 Å². The molecular formula is C14H13BrFN3O2. The van der Waals surface area contributed by atoms with Gasteiger partial charge in [0.05, 0.1) is 17.6 Å². The number of aromatic nitrogens is 2. The predicted octanol–water partition coefficient (Wildman–Crippen LogP) is 3.94. The van der Waals surface area contributed by atoms with Gasteiger partial charge in [-0.1, -0.05) is 13.8 Å². The Morgan fingerprint density at radius 3 is 2.71 bits per heavy atom. The van der Waals surface area contributed by atoms with Crippen molar-refractivity contribution in [2.75, 3.05) is 5.32 Å². The molecule has 0 radical (unpaired) electrons. The van der Waals surface area contributed by atoms with Crippen molar-refractivity contribution in [1.82, 2.24) is 9.97 Å². The van der Waals surface area contributed by atoms with E-state index in [4.69, 9.17) is 0 Å². The maximum atomic E-state index is 13.3. The summed E-state index contributed by atoms with van der Waals surface area (Å²) in [6, 6.07) is 4.08. The zero-order chi connectivity index (χ0) is 15.6. The number of carboxylic acid groups (broad SMARTS) is 1. The van der Waals surface area contributed by atoms with Crippen molar-refractivity contribution in [3.05, 3.63) is 46.2 Å². The van der Waals surface area contributed by atoms with E-state index in [0.717, 1.165) is 0 Å². The Morgan fingerprint density at radius 1 is 1.38 bits per heavy atom. The Bertz CT molecular complexity index is 692. The van der Waals surface area contributed by atoms with Crippen molar-refractivity contribution < 1.29 is 14.3 Å². The van der Waals surface area contributed by atoms with Crippen molar-refractivity contribution in [2.45, 2.75) is 19.8 Å². The van der Waals surface area contributed by atoms with E-state index in [1.807, 2.05) is 13.8 Å². The van der Waals surface area contributed by atoms with E-state index in [0.29, 0.717) is 16.0 Å². The molecule has 110 valence electrons. The Balaban J connectivity index is 2.44. The zero-order valence-corrected chi connectivity index (χ0v) is 13.0. The lowest BCUT2D eigenvalue weighted by molar-refractivity contribution is 0.0691. The third-order valence-corrected chi connectivity index (χ3v) is 3.42. The zero-order valence-electron chi connectivity index (χ0n) is 11.4. The molecule has 2 N–H and O–H groups in total. The molecule has 2 rings (SSSR count). The maximum absolute atomic E-state index is 13.3. The van der Waals surface area contributed by atoms with Crippen LogP contribution in [0.4, 0.5) is 15.8 Å². The summed E-state index contributed by atoms with van der Waals surface area (Å²) in [5.41, 5.74) is 0.460. The first-order valence-corrected chi connectivity index (χ1v) is 7.00. The molecule has 0 unspecified atom stereocenters. The Morgan fingerprint density at radius 2 is 2.10 bits per heavy atom. The second-order valence-corrected chi connectivity index (χ2v) is 5.55. The van der Waals surface area contributed by atoms with Gasteiger partial charge in [-0.15, -0.1) is 0 Å². The highest BCUT2D eigenvalue weighted by Gasteiger charge is 2.16. The summed E-state index contributed by atoms with van der Waals surface area (Å²) in [5, 5.41) is 12.1. The quantitative estimate of drug-likeness (QED) is 0.870. The Hall–Kier alpha value is -2.02. The predicted molar refractivity (Wildman–Crippen MR) is 80.5 cm³/mol. The lowest BCUT2D eigenvalue weighted by Gasteiger charge is -2.12. The molecule has 0 fully saturated rings. The number of halogens is 2. The highest BCUT2D eigenvalue weighted by Crippen LogP contribution is 2.28. The van der Waals surface area contributed by atoms with Gasteiger partial charge in [0.2, 0.25) is 0 Å². The number of hydrogen-bond donors (Lipinski definition) is 2. The van der Waals surface area contributed by atoms with Gasteiger partial charge in [0, 0.05) is 10.4 Å². The Kier molecular flexibility index (Phi) is 4.52. The van der Waals surface area contributed by atoms with Crippen molar-refractivity contribution in [2.24, 2.45) is 0 Å². The van der Waals surface area contributed by atoms with Crippen LogP contribution in [0.25, 0.3) is 0 Å². The smallest absolute Gasteiger partial charge is 0.356 e. The van der Waals surface area contributed by atoms with E-state index in [1.54, 1.807) is 0 Å². The van der Waals surface area contributed by atoms with Gasteiger partial charge in [0.25, 0.3) is 0 Å². The van der Waals surface area contributed by atoms with Crippen LogP contribution in [0.2, 0.25) is 0 Å². The van der Waals surface area contributed by atoms with Gasteiger partial charge in [0.1, 0.15) is 11.6 Å². The number of anilines is 2. The first-order chi connectivity index (χ1) is 9.88. The first-order valence-electron chi connectivity index (χ1n) is 6.20. The number of rotatable bonds is 4. The molecule has 0 atom stereocenters. The highest BCUT2D eigenvalue weighted by molar-refractivity contribution is 9.10. The van der Waals surface area contributed by atoms with Crippen LogP contribution in [-0.2, 0) is 0 Å². The molecule has 0 saturated carbocycles. The van der Waals surface area contributed by atoms with Gasteiger partial charge in [-0.3, -0.25) is 0 Å². The van der Waals surface area contributed by atoms with E-state index in [-0.39, 0.29) is 17.3 Å². The molecule has 0 aliphatic rings. The largest absolute Gasteiger partial charge is 0.476 e. The van der Waals surface area contributed by atoms with Crippen LogP contribution < -0.4 is 5.32 Å². The van der Waals surface area contributed by atoms with E-state index >= 15 is 0 Å². The molecule has 5 nitrogen and oxygen atoms in total. The summed E-state index contributed by atoms with van der Waals surface area (Å²) in [6.45, 7) is 3.74. The number of nitrogens with one attached hydrogen (secondary N) is 1. The molecule has 0 aliphatic carbocycles. The normalized spacial score (nSPS) is 10.7. The molecule has 0 amide bonds. The van der Waals surface area contributed by atoms with Crippen LogP contribution in [-0.4, -0.2) is 21.0 Å². The van der Waals surface area contributed by atoms with E-state index < -0.39 is 11.8 Å². The molecule has 0 saturated heterocycles. The van der Waals surface area contributed by atoms with Crippen molar-refractivity contribution in [1.29, 1.82) is 0 Å². The summed E-state index contributed by atoms with van der Waals surface area (Å²) in [7, 11) is 0. The van der Waals surface area contributed by atoms with Crippen LogP contribution >= 0.6 is 15.9 Å². The summed E-state index contributed by atoms with van der Waals surface area (Å²) >= 11 is 3.27. The lowest BCUT2D eigenvalue weighted by Crippen LogP contribution is -2.10. The summed E-state index contributed by atoms with van der Waals surface area (Å²) < 4.78 is 13.9. The minimum Gasteiger partial charge on any atom is -0.476 e. The van der Waals surface area contributed by atoms with E-state index in [2.05, 4.69) is 31.2 Å². The number of carboxylic acids is 1. The van der Waals surface area contributed by atoms with Gasteiger partial charge in [-0.25, -0.2) is 19.2 Å². The number of nitrogens with zero attached hydrogens (tertiary/aromatic N) is 2. The molecular weight excluding hydrogens is 341 g/mol. The number of aromatic carboxylic acids is 1. The topological polar surface area (TPSA) is 75.1 Å². The lowest BCUT2D eigenvalue weighted by atomic mass is 10.2. The molecule has 21 heavy (non-hydrogen) atoms. The van der Waals surface area contributed by atoms with Crippen molar-refractivity contribution >= 4 is 33.3 Å².